The summed E-state index contributed by atoms with van der Waals surface area (Å²) in [5, 5.41) is 14.7. The molecule has 2 N–H and O–H groups in total. The zero-order chi connectivity index (χ0) is 16.0. The van der Waals surface area contributed by atoms with Gasteiger partial charge in [0, 0.05) is 52.1 Å². The van der Waals surface area contributed by atoms with Gasteiger partial charge in [0.2, 0.25) is 0 Å². The lowest BCUT2D eigenvalue weighted by Crippen LogP contribution is -2.39. The van der Waals surface area contributed by atoms with E-state index in [0.29, 0.717) is 26.3 Å². The second kappa shape index (κ2) is 12.0. The average Bonchev–Trinajstić information content (AvgIpc) is 2.55. The van der Waals surface area contributed by atoms with E-state index in [1.807, 2.05) is 13.0 Å². The lowest BCUT2D eigenvalue weighted by atomic mass is 10.3. The summed E-state index contributed by atoms with van der Waals surface area (Å²) in [5.41, 5.74) is 0.0957. The molecular formula is C15H26N4O3. The number of rotatable bonds is 10. The maximum absolute atomic E-state index is 11.8. The minimum Gasteiger partial charge on any atom is -0.388 e. The molecule has 0 radical (unpaired) electrons. The van der Waals surface area contributed by atoms with Crippen molar-refractivity contribution >= 4 is 5.91 Å². The van der Waals surface area contributed by atoms with Gasteiger partial charge in [0.25, 0.3) is 5.91 Å². The monoisotopic (exact) mass is 310 g/mol. The molecule has 0 aliphatic carbocycles. The molecule has 0 aromatic rings. The molecule has 7 heteroatoms. The van der Waals surface area contributed by atoms with Crippen LogP contribution in [0.1, 0.15) is 13.3 Å². The Hall–Kier alpha value is -1.62. The van der Waals surface area contributed by atoms with Crippen LogP contribution in [0.5, 0.6) is 0 Å². The molecule has 0 unspecified atom stereocenters. The molecular weight excluding hydrogens is 284 g/mol. The highest BCUT2D eigenvalue weighted by molar-refractivity contribution is 5.97. The van der Waals surface area contributed by atoms with E-state index < -0.39 is 0 Å². The van der Waals surface area contributed by atoms with E-state index in [2.05, 4.69) is 15.5 Å². The fourth-order valence-electron chi connectivity index (χ4n) is 1.99. The third-order valence-electron chi connectivity index (χ3n) is 3.24. The number of carbonyl (C=O) groups is 1. The van der Waals surface area contributed by atoms with E-state index >= 15 is 0 Å². The van der Waals surface area contributed by atoms with Crippen LogP contribution in [0.3, 0.4) is 0 Å². The molecule has 1 saturated heterocycles. The Kier molecular flexibility index (Phi) is 10.0. The summed E-state index contributed by atoms with van der Waals surface area (Å²) >= 11 is 0. The zero-order valence-electron chi connectivity index (χ0n) is 13.3. The second-order valence-electron chi connectivity index (χ2n) is 4.88. The number of morpholine rings is 1. The summed E-state index contributed by atoms with van der Waals surface area (Å²) in [7, 11) is 0. The maximum Gasteiger partial charge on any atom is 0.263 e. The predicted octanol–water partition coefficient (Wildman–Crippen LogP) is -0.142. The van der Waals surface area contributed by atoms with Crippen LogP contribution in [0.25, 0.3) is 0 Å². The van der Waals surface area contributed by atoms with Crippen molar-refractivity contribution in [2.75, 3.05) is 59.2 Å². The van der Waals surface area contributed by atoms with Gasteiger partial charge in [0.05, 0.1) is 13.2 Å². The van der Waals surface area contributed by atoms with Gasteiger partial charge in [-0.2, -0.15) is 5.26 Å². The standard InChI is InChI=1S/C15H26N4O3/c1-2-21-9-3-4-18-15(20)14(12-16)13-17-5-6-19-7-10-22-11-8-19/h13,17H,2-11H2,1H3,(H,18,20)/b14-13-. The van der Waals surface area contributed by atoms with Crippen molar-refractivity contribution in [1.82, 2.24) is 15.5 Å². The van der Waals surface area contributed by atoms with E-state index in [4.69, 9.17) is 14.7 Å². The van der Waals surface area contributed by atoms with Crippen LogP contribution < -0.4 is 10.6 Å². The molecule has 1 aliphatic rings. The number of hydrogen-bond donors (Lipinski definition) is 2. The number of hydrogen-bond acceptors (Lipinski definition) is 6. The Morgan fingerprint density at radius 1 is 1.41 bits per heavy atom. The molecule has 0 atom stereocenters. The average molecular weight is 310 g/mol. The van der Waals surface area contributed by atoms with Crippen LogP contribution in [-0.2, 0) is 14.3 Å². The lowest BCUT2D eigenvalue weighted by Gasteiger charge is -2.26. The van der Waals surface area contributed by atoms with Crippen LogP contribution >= 0.6 is 0 Å². The van der Waals surface area contributed by atoms with Crippen molar-refractivity contribution in [3.8, 4) is 6.07 Å². The van der Waals surface area contributed by atoms with Gasteiger partial charge < -0.3 is 20.1 Å². The van der Waals surface area contributed by atoms with Crippen LogP contribution in [0.15, 0.2) is 11.8 Å². The summed E-state index contributed by atoms with van der Waals surface area (Å²) in [5.74, 6) is -0.349. The summed E-state index contributed by atoms with van der Waals surface area (Å²) in [6.45, 7) is 8.67. The van der Waals surface area contributed by atoms with Crippen molar-refractivity contribution in [2.45, 2.75) is 13.3 Å². The van der Waals surface area contributed by atoms with Crippen LogP contribution in [0, 0.1) is 11.3 Å². The van der Waals surface area contributed by atoms with Gasteiger partial charge in [-0.15, -0.1) is 0 Å². The van der Waals surface area contributed by atoms with E-state index in [1.54, 1.807) is 0 Å². The molecule has 1 aliphatic heterocycles. The van der Waals surface area contributed by atoms with Crippen LogP contribution in [0.2, 0.25) is 0 Å². The van der Waals surface area contributed by atoms with E-state index in [0.717, 1.165) is 39.3 Å². The Balaban J connectivity index is 2.18. The van der Waals surface area contributed by atoms with Gasteiger partial charge >= 0.3 is 0 Å². The highest BCUT2D eigenvalue weighted by Gasteiger charge is 2.10. The van der Waals surface area contributed by atoms with E-state index in [9.17, 15) is 4.79 Å². The Morgan fingerprint density at radius 3 is 2.86 bits per heavy atom. The molecule has 1 fully saturated rings. The minimum atomic E-state index is -0.349. The van der Waals surface area contributed by atoms with Crippen molar-refractivity contribution in [2.24, 2.45) is 0 Å². The Morgan fingerprint density at radius 2 is 2.18 bits per heavy atom. The first-order valence-corrected chi connectivity index (χ1v) is 7.77. The third kappa shape index (κ3) is 7.98. The summed E-state index contributed by atoms with van der Waals surface area (Å²) in [4.78, 5) is 14.1. The van der Waals surface area contributed by atoms with Crippen molar-refractivity contribution in [3.05, 3.63) is 11.8 Å². The fourth-order valence-corrected chi connectivity index (χ4v) is 1.99. The first-order chi connectivity index (χ1) is 10.8. The molecule has 0 saturated carbocycles. The Labute approximate surface area is 132 Å². The normalized spacial score (nSPS) is 16.1. The molecule has 1 amide bonds. The smallest absolute Gasteiger partial charge is 0.263 e. The maximum atomic E-state index is 11.8. The first kappa shape index (κ1) is 18.4. The van der Waals surface area contributed by atoms with Gasteiger partial charge in [0.15, 0.2) is 0 Å². The first-order valence-electron chi connectivity index (χ1n) is 7.77. The quantitative estimate of drug-likeness (QED) is 0.332. The topological polar surface area (TPSA) is 86.6 Å². The molecule has 124 valence electrons. The van der Waals surface area contributed by atoms with Gasteiger partial charge in [-0.05, 0) is 13.3 Å². The molecule has 0 spiro atoms. The minimum absolute atomic E-state index is 0.0957. The number of nitrogens with zero attached hydrogens (tertiary/aromatic N) is 2. The summed E-state index contributed by atoms with van der Waals surface area (Å²) in [6, 6.07) is 1.91. The molecule has 1 heterocycles. The number of ether oxygens (including phenoxy) is 2. The molecule has 7 nitrogen and oxygen atoms in total. The predicted molar refractivity (Wildman–Crippen MR) is 83.1 cm³/mol. The fraction of sp³-hybridized carbons (Fsp3) is 0.733. The number of nitriles is 1. The van der Waals surface area contributed by atoms with Crippen molar-refractivity contribution in [3.63, 3.8) is 0 Å². The molecule has 0 aromatic carbocycles. The van der Waals surface area contributed by atoms with Crippen LogP contribution in [-0.4, -0.2) is 70.0 Å². The van der Waals surface area contributed by atoms with Gasteiger partial charge in [-0.25, -0.2) is 0 Å². The van der Waals surface area contributed by atoms with Gasteiger partial charge in [0.1, 0.15) is 11.6 Å². The highest BCUT2D eigenvalue weighted by atomic mass is 16.5. The molecule has 22 heavy (non-hydrogen) atoms. The van der Waals surface area contributed by atoms with E-state index in [1.165, 1.54) is 6.20 Å². The molecule has 1 rings (SSSR count). The number of nitrogens with one attached hydrogen (secondary N) is 2. The summed E-state index contributed by atoms with van der Waals surface area (Å²) < 4.78 is 10.5. The highest BCUT2D eigenvalue weighted by Crippen LogP contribution is 1.95. The number of amides is 1. The number of carbonyl (C=O) groups excluding carboxylic acids is 1. The lowest BCUT2D eigenvalue weighted by molar-refractivity contribution is -0.117. The third-order valence-corrected chi connectivity index (χ3v) is 3.24. The van der Waals surface area contributed by atoms with Crippen molar-refractivity contribution in [1.29, 1.82) is 5.26 Å². The second-order valence-corrected chi connectivity index (χ2v) is 4.88. The van der Waals surface area contributed by atoms with Crippen molar-refractivity contribution < 1.29 is 14.3 Å². The van der Waals surface area contributed by atoms with Crippen LogP contribution in [0.4, 0.5) is 0 Å². The molecule has 0 aromatic heterocycles. The largest absolute Gasteiger partial charge is 0.388 e. The zero-order valence-corrected chi connectivity index (χ0v) is 13.3. The molecule has 0 bridgehead atoms. The summed E-state index contributed by atoms with van der Waals surface area (Å²) in [6.07, 6.45) is 2.22. The SMILES string of the molecule is CCOCCCNC(=O)/C(C#N)=C\NCCN1CCOCC1. The van der Waals surface area contributed by atoms with Gasteiger partial charge in [-0.3, -0.25) is 9.69 Å². The van der Waals surface area contributed by atoms with Gasteiger partial charge in [-0.1, -0.05) is 0 Å². The Bertz CT molecular complexity index is 387. The van der Waals surface area contributed by atoms with E-state index in [-0.39, 0.29) is 11.5 Å².